The van der Waals surface area contributed by atoms with Gasteiger partial charge in [-0.1, -0.05) is 13.8 Å². The predicted molar refractivity (Wildman–Crippen MR) is 41.9 cm³/mol. The summed E-state index contributed by atoms with van der Waals surface area (Å²) in [7, 11) is 0. The number of Topliss-reactive ketones (excluding diaryl/α,β-unsaturated/α-hetero) is 1. The van der Waals surface area contributed by atoms with E-state index < -0.39 is 0 Å². The van der Waals surface area contributed by atoms with Gasteiger partial charge in [0.1, 0.15) is 5.78 Å². The zero-order chi connectivity index (χ0) is 7.61. The highest BCUT2D eigenvalue weighted by Crippen LogP contribution is 2.48. The van der Waals surface area contributed by atoms with Crippen molar-refractivity contribution < 1.29 is 4.79 Å². The van der Waals surface area contributed by atoms with E-state index in [1.54, 1.807) is 0 Å². The van der Waals surface area contributed by atoms with Crippen LogP contribution in [0, 0.1) is 5.41 Å². The van der Waals surface area contributed by atoms with E-state index in [0.717, 1.165) is 19.3 Å². The van der Waals surface area contributed by atoms with Gasteiger partial charge in [-0.2, -0.15) is 0 Å². The maximum atomic E-state index is 11.1. The molecule has 0 spiro atoms. The molecule has 0 heterocycles. The third kappa shape index (κ3) is 2.13. The molecule has 0 aliphatic heterocycles. The van der Waals surface area contributed by atoms with Crippen molar-refractivity contribution in [1.29, 1.82) is 0 Å². The number of hydrogen-bond donors (Lipinski definition) is 0. The standard InChI is InChI=1S/C9H16O/c1-3-4-8(10)7-9(2)5-6-9/h3-7H2,1-2H3. The van der Waals surface area contributed by atoms with Crippen LogP contribution in [0.15, 0.2) is 0 Å². The molecule has 1 aliphatic rings. The van der Waals surface area contributed by atoms with Crippen molar-refractivity contribution in [3.05, 3.63) is 0 Å². The van der Waals surface area contributed by atoms with Gasteiger partial charge in [-0.05, 0) is 24.7 Å². The lowest BCUT2D eigenvalue weighted by Crippen LogP contribution is -2.04. The van der Waals surface area contributed by atoms with E-state index in [0.29, 0.717) is 11.2 Å². The number of hydrogen-bond acceptors (Lipinski definition) is 1. The van der Waals surface area contributed by atoms with Crippen molar-refractivity contribution in [2.45, 2.75) is 46.0 Å². The summed E-state index contributed by atoms with van der Waals surface area (Å²) in [6.45, 7) is 4.27. The van der Waals surface area contributed by atoms with Crippen LogP contribution in [-0.2, 0) is 4.79 Å². The van der Waals surface area contributed by atoms with Crippen molar-refractivity contribution in [2.75, 3.05) is 0 Å². The summed E-state index contributed by atoms with van der Waals surface area (Å²) in [6, 6.07) is 0. The zero-order valence-electron chi connectivity index (χ0n) is 6.94. The van der Waals surface area contributed by atoms with E-state index in [4.69, 9.17) is 0 Å². The zero-order valence-corrected chi connectivity index (χ0v) is 6.94. The average molecular weight is 140 g/mol. The fourth-order valence-corrected chi connectivity index (χ4v) is 1.23. The summed E-state index contributed by atoms with van der Waals surface area (Å²) < 4.78 is 0. The Kier molecular flexibility index (Phi) is 2.12. The summed E-state index contributed by atoms with van der Waals surface area (Å²) in [6.07, 6.45) is 5.16. The first kappa shape index (κ1) is 7.77. The molecule has 0 aromatic rings. The van der Waals surface area contributed by atoms with E-state index in [-0.39, 0.29) is 0 Å². The molecule has 0 saturated heterocycles. The van der Waals surface area contributed by atoms with Crippen LogP contribution in [0.25, 0.3) is 0 Å². The molecule has 1 heteroatoms. The lowest BCUT2D eigenvalue weighted by atomic mass is 10.00. The van der Waals surface area contributed by atoms with Gasteiger partial charge in [0.25, 0.3) is 0 Å². The first-order chi connectivity index (χ1) is 4.66. The van der Waals surface area contributed by atoms with Gasteiger partial charge in [-0.3, -0.25) is 4.79 Å². The van der Waals surface area contributed by atoms with Gasteiger partial charge in [0.15, 0.2) is 0 Å². The number of carbonyl (C=O) groups is 1. The molecule has 0 atom stereocenters. The van der Waals surface area contributed by atoms with Gasteiger partial charge in [-0.15, -0.1) is 0 Å². The molecule has 0 unspecified atom stereocenters. The Labute approximate surface area is 62.8 Å². The topological polar surface area (TPSA) is 17.1 Å². The third-order valence-corrected chi connectivity index (χ3v) is 2.26. The smallest absolute Gasteiger partial charge is 0.133 e. The number of rotatable bonds is 4. The molecular formula is C9H16O. The Morgan fingerprint density at radius 1 is 1.50 bits per heavy atom. The fraction of sp³-hybridized carbons (Fsp3) is 0.889. The molecule has 0 amide bonds. The van der Waals surface area contributed by atoms with E-state index >= 15 is 0 Å². The third-order valence-electron chi connectivity index (χ3n) is 2.26. The SMILES string of the molecule is CCCC(=O)CC1(C)CC1. The molecular weight excluding hydrogens is 124 g/mol. The van der Waals surface area contributed by atoms with Gasteiger partial charge in [0.2, 0.25) is 0 Å². The molecule has 10 heavy (non-hydrogen) atoms. The minimum atomic E-state index is 0.423. The molecule has 0 radical (unpaired) electrons. The molecule has 1 saturated carbocycles. The monoisotopic (exact) mass is 140 g/mol. The molecule has 58 valence electrons. The van der Waals surface area contributed by atoms with Gasteiger partial charge in [0.05, 0.1) is 0 Å². The van der Waals surface area contributed by atoms with Crippen LogP contribution in [0.1, 0.15) is 46.0 Å². The van der Waals surface area contributed by atoms with E-state index in [9.17, 15) is 4.79 Å². The van der Waals surface area contributed by atoms with Crippen molar-refractivity contribution in [1.82, 2.24) is 0 Å². The normalized spacial score (nSPS) is 20.6. The highest BCUT2D eigenvalue weighted by molar-refractivity contribution is 5.79. The summed E-state index contributed by atoms with van der Waals surface area (Å²) in [5.74, 6) is 0.461. The molecule has 1 nitrogen and oxygen atoms in total. The molecule has 1 aliphatic carbocycles. The summed E-state index contributed by atoms with van der Waals surface area (Å²) in [5.41, 5.74) is 0.423. The maximum absolute atomic E-state index is 11.1. The second-order valence-electron chi connectivity index (χ2n) is 3.78. The Bertz CT molecular complexity index is 134. The molecule has 0 N–H and O–H groups in total. The van der Waals surface area contributed by atoms with Crippen molar-refractivity contribution in [3.8, 4) is 0 Å². The highest BCUT2D eigenvalue weighted by atomic mass is 16.1. The predicted octanol–water partition coefficient (Wildman–Crippen LogP) is 2.55. The lowest BCUT2D eigenvalue weighted by molar-refractivity contribution is -0.120. The van der Waals surface area contributed by atoms with Crippen LogP contribution >= 0.6 is 0 Å². The van der Waals surface area contributed by atoms with Crippen LogP contribution in [0.2, 0.25) is 0 Å². The van der Waals surface area contributed by atoms with Gasteiger partial charge < -0.3 is 0 Å². The molecule has 0 bridgehead atoms. The Hall–Kier alpha value is -0.330. The molecule has 1 fully saturated rings. The Morgan fingerprint density at radius 2 is 2.10 bits per heavy atom. The van der Waals surface area contributed by atoms with Crippen LogP contribution in [0.5, 0.6) is 0 Å². The molecule has 0 aromatic carbocycles. The number of carbonyl (C=O) groups excluding carboxylic acids is 1. The second-order valence-corrected chi connectivity index (χ2v) is 3.78. The van der Waals surface area contributed by atoms with Crippen LogP contribution in [0.3, 0.4) is 0 Å². The van der Waals surface area contributed by atoms with Gasteiger partial charge >= 0.3 is 0 Å². The molecule has 1 rings (SSSR count). The number of ketones is 1. The van der Waals surface area contributed by atoms with E-state index in [1.807, 2.05) is 0 Å². The minimum Gasteiger partial charge on any atom is -0.300 e. The summed E-state index contributed by atoms with van der Waals surface area (Å²) in [5, 5.41) is 0. The highest BCUT2D eigenvalue weighted by Gasteiger charge is 2.38. The minimum absolute atomic E-state index is 0.423. The average Bonchev–Trinajstić information content (AvgIpc) is 2.48. The van der Waals surface area contributed by atoms with Crippen molar-refractivity contribution >= 4 is 5.78 Å². The Balaban J connectivity index is 2.18. The Morgan fingerprint density at radius 3 is 2.50 bits per heavy atom. The largest absolute Gasteiger partial charge is 0.300 e. The van der Waals surface area contributed by atoms with Gasteiger partial charge in [-0.25, -0.2) is 0 Å². The quantitative estimate of drug-likeness (QED) is 0.586. The van der Waals surface area contributed by atoms with Gasteiger partial charge in [0, 0.05) is 12.8 Å². The summed E-state index contributed by atoms with van der Waals surface area (Å²) in [4.78, 5) is 11.1. The van der Waals surface area contributed by atoms with E-state index in [2.05, 4.69) is 13.8 Å². The fourth-order valence-electron chi connectivity index (χ4n) is 1.23. The first-order valence-electron chi connectivity index (χ1n) is 4.18. The maximum Gasteiger partial charge on any atom is 0.133 e. The second kappa shape index (κ2) is 2.73. The summed E-state index contributed by atoms with van der Waals surface area (Å²) >= 11 is 0. The first-order valence-corrected chi connectivity index (χ1v) is 4.18. The molecule has 0 aromatic heterocycles. The van der Waals surface area contributed by atoms with Crippen LogP contribution < -0.4 is 0 Å². The van der Waals surface area contributed by atoms with E-state index in [1.165, 1.54) is 12.8 Å². The van der Waals surface area contributed by atoms with Crippen LogP contribution in [-0.4, -0.2) is 5.78 Å². The van der Waals surface area contributed by atoms with Crippen molar-refractivity contribution in [2.24, 2.45) is 5.41 Å². The lowest BCUT2D eigenvalue weighted by Gasteiger charge is -2.04. The van der Waals surface area contributed by atoms with Crippen molar-refractivity contribution in [3.63, 3.8) is 0 Å². The van der Waals surface area contributed by atoms with Crippen LogP contribution in [0.4, 0.5) is 0 Å².